The van der Waals surface area contributed by atoms with Crippen LogP contribution in [0.3, 0.4) is 0 Å². The second-order valence-electron chi connectivity index (χ2n) is 4.13. The van der Waals surface area contributed by atoms with E-state index in [1.54, 1.807) is 19.1 Å². The summed E-state index contributed by atoms with van der Waals surface area (Å²) in [6, 6.07) is 4.90. The predicted octanol–water partition coefficient (Wildman–Crippen LogP) is 2.60. The van der Waals surface area contributed by atoms with Gasteiger partial charge in [0.2, 0.25) is 0 Å². The Labute approximate surface area is 103 Å². The lowest BCUT2D eigenvalue weighted by Crippen LogP contribution is -2.31. The largest absolute Gasteiger partial charge is 0.398 e. The lowest BCUT2D eigenvalue weighted by molar-refractivity contribution is -0.136. The first-order valence-corrected chi connectivity index (χ1v) is 5.39. The summed E-state index contributed by atoms with van der Waals surface area (Å²) in [7, 11) is 1.33. The van der Waals surface area contributed by atoms with Crippen LogP contribution in [0, 0.1) is 6.92 Å². The van der Waals surface area contributed by atoms with E-state index in [9.17, 15) is 18.0 Å². The van der Waals surface area contributed by atoms with Crippen molar-refractivity contribution in [2.45, 2.75) is 19.5 Å². The minimum Gasteiger partial charge on any atom is -0.398 e. The molecule has 18 heavy (non-hydrogen) atoms. The Kier molecular flexibility index (Phi) is 4.21. The third-order valence-electron chi connectivity index (χ3n) is 2.63. The Morgan fingerprint density at radius 3 is 2.56 bits per heavy atom. The van der Waals surface area contributed by atoms with Gasteiger partial charge < -0.3 is 10.6 Å². The smallest absolute Gasteiger partial charge is 0.390 e. The number of hydrogen-bond donors (Lipinski definition) is 1. The van der Waals surface area contributed by atoms with E-state index >= 15 is 0 Å². The van der Waals surface area contributed by atoms with E-state index in [1.807, 2.05) is 0 Å². The molecule has 0 unspecified atom stereocenters. The number of aryl methyl sites for hydroxylation is 1. The van der Waals surface area contributed by atoms with Gasteiger partial charge in [-0.05, 0) is 18.6 Å². The standard InChI is InChI=1S/C12H15F3N2O/c1-8-4-3-5-9(10(8)16)11(18)17(2)7-6-12(13,14)15/h3-5H,6-7,16H2,1-2H3. The maximum Gasteiger partial charge on any atom is 0.390 e. The van der Waals surface area contributed by atoms with Crippen LogP contribution in [-0.4, -0.2) is 30.6 Å². The average molecular weight is 260 g/mol. The first kappa shape index (κ1) is 14.3. The Morgan fingerprint density at radius 2 is 2.00 bits per heavy atom. The molecule has 0 aliphatic carbocycles. The first-order chi connectivity index (χ1) is 8.22. The maximum absolute atomic E-state index is 12.1. The number of nitrogens with two attached hydrogens (primary N) is 1. The zero-order valence-corrected chi connectivity index (χ0v) is 10.2. The number of nitrogen functional groups attached to an aromatic ring is 1. The van der Waals surface area contributed by atoms with Gasteiger partial charge in [-0.2, -0.15) is 13.2 Å². The zero-order chi connectivity index (χ0) is 13.9. The zero-order valence-electron chi connectivity index (χ0n) is 10.2. The molecule has 0 aromatic heterocycles. The molecular weight excluding hydrogens is 245 g/mol. The van der Waals surface area contributed by atoms with Crippen molar-refractivity contribution in [1.29, 1.82) is 0 Å². The molecule has 100 valence electrons. The highest BCUT2D eigenvalue weighted by Crippen LogP contribution is 2.21. The normalized spacial score (nSPS) is 11.4. The summed E-state index contributed by atoms with van der Waals surface area (Å²) in [5.74, 6) is -0.500. The van der Waals surface area contributed by atoms with E-state index in [4.69, 9.17) is 5.73 Å². The SMILES string of the molecule is Cc1cccc(C(=O)N(C)CCC(F)(F)F)c1N. The van der Waals surface area contributed by atoms with Gasteiger partial charge >= 0.3 is 6.18 Å². The number of halogens is 3. The van der Waals surface area contributed by atoms with Crippen molar-refractivity contribution in [1.82, 2.24) is 4.90 Å². The molecule has 0 fully saturated rings. The molecule has 0 aliphatic rings. The number of alkyl halides is 3. The van der Waals surface area contributed by atoms with Crippen LogP contribution < -0.4 is 5.73 Å². The van der Waals surface area contributed by atoms with Crippen molar-refractivity contribution < 1.29 is 18.0 Å². The number of carbonyl (C=O) groups is 1. The fourth-order valence-corrected chi connectivity index (χ4v) is 1.47. The second-order valence-corrected chi connectivity index (χ2v) is 4.13. The Balaban J connectivity index is 2.78. The summed E-state index contributed by atoms with van der Waals surface area (Å²) in [5.41, 5.74) is 7.00. The summed E-state index contributed by atoms with van der Waals surface area (Å²) >= 11 is 0. The van der Waals surface area contributed by atoms with E-state index in [2.05, 4.69) is 0 Å². The molecular formula is C12H15F3N2O. The molecule has 1 rings (SSSR count). The molecule has 0 saturated carbocycles. The van der Waals surface area contributed by atoms with Crippen LogP contribution in [0.15, 0.2) is 18.2 Å². The van der Waals surface area contributed by atoms with Gasteiger partial charge in [0.1, 0.15) is 0 Å². The fraction of sp³-hybridized carbons (Fsp3) is 0.417. The van der Waals surface area contributed by atoms with Crippen molar-refractivity contribution in [2.75, 3.05) is 19.3 Å². The molecule has 1 amide bonds. The number of amides is 1. The monoisotopic (exact) mass is 260 g/mol. The second kappa shape index (κ2) is 5.29. The lowest BCUT2D eigenvalue weighted by atomic mass is 10.1. The van der Waals surface area contributed by atoms with Crippen LogP contribution >= 0.6 is 0 Å². The van der Waals surface area contributed by atoms with Crippen LogP contribution in [0.2, 0.25) is 0 Å². The highest BCUT2D eigenvalue weighted by atomic mass is 19.4. The van der Waals surface area contributed by atoms with Gasteiger partial charge in [-0.1, -0.05) is 12.1 Å². The number of hydrogen-bond acceptors (Lipinski definition) is 2. The number of carbonyl (C=O) groups excluding carboxylic acids is 1. The predicted molar refractivity (Wildman–Crippen MR) is 63.2 cm³/mol. The van der Waals surface area contributed by atoms with Crippen LogP contribution in [0.4, 0.5) is 18.9 Å². The molecule has 2 N–H and O–H groups in total. The van der Waals surface area contributed by atoms with Crippen molar-refractivity contribution in [2.24, 2.45) is 0 Å². The molecule has 6 heteroatoms. The quantitative estimate of drug-likeness (QED) is 0.849. The van der Waals surface area contributed by atoms with Gasteiger partial charge in [0.25, 0.3) is 5.91 Å². The third-order valence-corrected chi connectivity index (χ3v) is 2.63. The molecule has 1 aromatic carbocycles. The Morgan fingerprint density at radius 1 is 1.39 bits per heavy atom. The number of nitrogens with zero attached hydrogens (tertiary/aromatic N) is 1. The molecule has 0 atom stereocenters. The van der Waals surface area contributed by atoms with Crippen LogP contribution in [0.25, 0.3) is 0 Å². The van der Waals surface area contributed by atoms with Gasteiger partial charge in [0.15, 0.2) is 0 Å². The van der Waals surface area contributed by atoms with E-state index in [0.29, 0.717) is 5.69 Å². The van der Waals surface area contributed by atoms with Gasteiger partial charge in [0.05, 0.1) is 12.0 Å². The maximum atomic E-state index is 12.1. The molecule has 0 heterocycles. The lowest BCUT2D eigenvalue weighted by Gasteiger charge is -2.19. The molecule has 0 aliphatic heterocycles. The molecule has 1 aromatic rings. The van der Waals surface area contributed by atoms with Crippen molar-refractivity contribution in [3.8, 4) is 0 Å². The average Bonchev–Trinajstić information content (AvgIpc) is 2.28. The summed E-state index contributed by atoms with van der Waals surface area (Å²) in [4.78, 5) is 12.9. The van der Waals surface area contributed by atoms with E-state index < -0.39 is 18.5 Å². The molecule has 3 nitrogen and oxygen atoms in total. The van der Waals surface area contributed by atoms with E-state index in [0.717, 1.165) is 10.5 Å². The number of anilines is 1. The van der Waals surface area contributed by atoms with Gasteiger partial charge in [0, 0.05) is 19.3 Å². The minimum atomic E-state index is -4.27. The topological polar surface area (TPSA) is 46.3 Å². The number of rotatable bonds is 3. The highest BCUT2D eigenvalue weighted by molar-refractivity contribution is 5.99. The molecule has 0 saturated heterocycles. The van der Waals surface area contributed by atoms with Crippen LogP contribution in [-0.2, 0) is 0 Å². The van der Waals surface area contributed by atoms with Crippen LogP contribution in [0.5, 0.6) is 0 Å². The summed E-state index contributed by atoms with van der Waals surface area (Å²) in [6.07, 6.45) is -5.30. The summed E-state index contributed by atoms with van der Waals surface area (Å²) in [6.45, 7) is 1.36. The van der Waals surface area contributed by atoms with E-state index in [1.165, 1.54) is 13.1 Å². The first-order valence-electron chi connectivity index (χ1n) is 5.39. The van der Waals surface area contributed by atoms with Crippen LogP contribution in [0.1, 0.15) is 22.3 Å². The Hall–Kier alpha value is -1.72. The van der Waals surface area contributed by atoms with Gasteiger partial charge in [-0.3, -0.25) is 4.79 Å². The fourth-order valence-electron chi connectivity index (χ4n) is 1.47. The van der Waals surface area contributed by atoms with Gasteiger partial charge in [-0.15, -0.1) is 0 Å². The highest BCUT2D eigenvalue weighted by Gasteiger charge is 2.28. The van der Waals surface area contributed by atoms with Gasteiger partial charge in [-0.25, -0.2) is 0 Å². The third kappa shape index (κ3) is 3.65. The van der Waals surface area contributed by atoms with Crippen molar-refractivity contribution in [3.63, 3.8) is 0 Å². The Bertz CT molecular complexity index is 443. The van der Waals surface area contributed by atoms with Crippen molar-refractivity contribution in [3.05, 3.63) is 29.3 Å². The summed E-state index contributed by atoms with van der Waals surface area (Å²) < 4.78 is 36.2. The summed E-state index contributed by atoms with van der Waals surface area (Å²) in [5, 5.41) is 0. The van der Waals surface area contributed by atoms with E-state index in [-0.39, 0.29) is 12.1 Å². The van der Waals surface area contributed by atoms with Crippen molar-refractivity contribution >= 4 is 11.6 Å². The number of benzene rings is 1. The minimum absolute atomic E-state index is 0.236. The molecule has 0 radical (unpaired) electrons. The number of para-hydroxylation sites is 1. The molecule has 0 bridgehead atoms. The molecule has 0 spiro atoms.